The van der Waals surface area contributed by atoms with E-state index in [0.717, 1.165) is 49.1 Å². The van der Waals surface area contributed by atoms with Crippen molar-refractivity contribution in [2.75, 3.05) is 31.1 Å². The van der Waals surface area contributed by atoms with E-state index in [-0.39, 0.29) is 6.09 Å². The zero-order valence-electron chi connectivity index (χ0n) is 16.0. The predicted octanol–water partition coefficient (Wildman–Crippen LogP) is 3.22. The van der Waals surface area contributed by atoms with E-state index in [1.807, 2.05) is 30.5 Å². The third-order valence-corrected chi connectivity index (χ3v) is 6.11. The molecule has 0 atom stereocenters. The number of rotatable bonds is 5. The van der Waals surface area contributed by atoms with Crippen LogP contribution in [0.2, 0.25) is 0 Å². The highest BCUT2D eigenvalue weighted by Crippen LogP contribution is 2.29. The van der Waals surface area contributed by atoms with E-state index in [1.165, 1.54) is 19.3 Å². The second-order valence-electron chi connectivity index (χ2n) is 7.84. The Morgan fingerprint density at radius 3 is 2.43 bits per heavy atom. The first-order valence-electron chi connectivity index (χ1n) is 10.3. The fraction of sp³-hybridized carbons (Fsp3) is 0.524. The van der Waals surface area contributed by atoms with Gasteiger partial charge in [0.05, 0.1) is 30.3 Å². The maximum absolute atomic E-state index is 11.7. The zero-order chi connectivity index (χ0) is 18.9. The quantitative estimate of drug-likeness (QED) is 0.795. The largest absolute Gasteiger partial charge is 0.490 e. The summed E-state index contributed by atoms with van der Waals surface area (Å²) in [4.78, 5) is 15.9. The predicted molar refractivity (Wildman–Crippen MR) is 105 cm³/mol. The van der Waals surface area contributed by atoms with E-state index >= 15 is 0 Å². The Kier molecular flexibility index (Phi) is 4.68. The number of carbonyl (C=O) groups excluding carboxylic acids is 1. The summed E-state index contributed by atoms with van der Waals surface area (Å²) in [5.41, 5.74) is 1.69. The van der Waals surface area contributed by atoms with Crippen LogP contribution in [0.1, 0.15) is 32.1 Å². The van der Waals surface area contributed by atoms with Gasteiger partial charge in [-0.1, -0.05) is 6.42 Å². The Bertz CT molecular complexity index is 822. The van der Waals surface area contributed by atoms with Gasteiger partial charge in [0.25, 0.3) is 0 Å². The van der Waals surface area contributed by atoms with Gasteiger partial charge in [0.2, 0.25) is 0 Å². The number of piperidine rings is 1. The Labute approximate surface area is 164 Å². The van der Waals surface area contributed by atoms with E-state index in [2.05, 4.69) is 10.00 Å². The number of hydrogen-bond acceptors (Lipinski definition) is 5. The third-order valence-electron chi connectivity index (χ3n) is 6.11. The van der Waals surface area contributed by atoms with Crippen LogP contribution in [0, 0.1) is 0 Å². The van der Waals surface area contributed by atoms with Gasteiger partial charge < -0.3 is 14.4 Å². The van der Waals surface area contributed by atoms with E-state index in [1.54, 1.807) is 15.8 Å². The van der Waals surface area contributed by atoms with Crippen molar-refractivity contribution in [1.29, 1.82) is 0 Å². The molecule has 0 unspecified atom stereocenters. The molecule has 3 aliphatic rings. The average molecular weight is 382 g/mol. The number of benzene rings is 1. The van der Waals surface area contributed by atoms with Crippen LogP contribution in [0.4, 0.5) is 10.5 Å². The molecule has 3 fully saturated rings. The standard InChI is InChI=1S/C21H26N4O3/c26-21-24(12-13-27-21)18-14-22-25(15-18)17-4-6-19(7-5-17)28-20-8-10-23(11-9-20)16-2-1-3-16/h4-7,14-16,20H,1-3,8-13H2. The first kappa shape index (κ1) is 17.6. The van der Waals surface area contributed by atoms with Crippen LogP contribution in [-0.2, 0) is 4.74 Å². The molecule has 0 bridgehead atoms. The molecule has 0 spiro atoms. The summed E-state index contributed by atoms with van der Waals surface area (Å²) in [5.74, 6) is 0.904. The molecule has 1 amide bonds. The molecule has 1 aromatic carbocycles. The van der Waals surface area contributed by atoms with Crippen molar-refractivity contribution in [3.05, 3.63) is 36.7 Å². The molecule has 3 heterocycles. The Hall–Kier alpha value is -2.54. The summed E-state index contributed by atoms with van der Waals surface area (Å²) >= 11 is 0. The molecule has 7 nitrogen and oxygen atoms in total. The van der Waals surface area contributed by atoms with E-state index in [4.69, 9.17) is 9.47 Å². The van der Waals surface area contributed by atoms with Crippen molar-refractivity contribution in [3.63, 3.8) is 0 Å². The minimum absolute atomic E-state index is 0.305. The maximum atomic E-state index is 11.7. The number of cyclic esters (lactones) is 1. The summed E-state index contributed by atoms with van der Waals surface area (Å²) in [6.45, 7) is 3.30. The molecule has 0 N–H and O–H groups in total. The van der Waals surface area contributed by atoms with Crippen molar-refractivity contribution < 1.29 is 14.3 Å². The molecular weight excluding hydrogens is 356 g/mol. The molecule has 148 valence electrons. The van der Waals surface area contributed by atoms with Crippen LogP contribution < -0.4 is 9.64 Å². The number of ether oxygens (including phenoxy) is 2. The van der Waals surface area contributed by atoms with Crippen LogP contribution in [0.5, 0.6) is 5.75 Å². The third kappa shape index (κ3) is 3.46. The van der Waals surface area contributed by atoms with Crippen molar-refractivity contribution in [3.8, 4) is 11.4 Å². The molecule has 2 saturated heterocycles. The minimum Gasteiger partial charge on any atom is -0.490 e. The van der Waals surface area contributed by atoms with Crippen LogP contribution >= 0.6 is 0 Å². The molecule has 7 heteroatoms. The van der Waals surface area contributed by atoms with Crippen molar-refractivity contribution in [2.45, 2.75) is 44.2 Å². The normalized spacial score (nSPS) is 21.6. The summed E-state index contributed by atoms with van der Waals surface area (Å²) in [7, 11) is 0. The second-order valence-corrected chi connectivity index (χ2v) is 7.84. The van der Waals surface area contributed by atoms with Crippen LogP contribution in [0.3, 0.4) is 0 Å². The molecule has 5 rings (SSSR count). The highest BCUT2D eigenvalue weighted by Gasteiger charge is 2.29. The van der Waals surface area contributed by atoms with E-state index in [9.17, 15) is 4.79 Å². The Morgan fingerprint density at radius 1 is 1.00 bits per heavy atom. The lowest BCUT2D eigenvalue weighted by molar-refractivity contribution is 0.0493. The van der Waals surface area contributed by atoms with Gasteiger partial charge >= 0.3 is 6.09 Å². The van der Waals surface area contributed by atoms with Crippen LogP contribution in [-0.4, -0.2) is 59.2 Å². The summed E-state index contributed by atoms with van der Waals surface area (Å²) in [6, 6.07) is 8.83. The van der Waals surface area contributed by atoms with Gasteiger partial charge in [-0.15, -0.1) is 0 Å². The van der Waals surface area contributed by atoms with Crippen LogP contribution in [0.25, 0.3) is 5.69 Å². The number of likely N-dealkylation sites (tertiary alicyclic amines) is 1. The molecule has 2 aromatic rings. The number of anilines is 1. The number of hydrogen-bond donors (Lipinski definition) is 0. The van der Waals surface area contributed by atoms with E-state index in [0.29, 0.717) is 19.3 Å². The monoisotopic (exact) mass is 382 g/mol. The lowest BCUT2D eigenvalue weighted by Crippen LogP contribution is -2.46. The lowest BCUT2D eigenvalue weighted by atomic mass is 9.90. The number of amides is 1. The van der Waals surface area contributed by atoms with E-state index < -0.39 is 0 Å². The minimum atomic E-state index is -0.313. The molecule has 1 saturated carbocycles. The van der Waals surface area contributed by atoms with Gasteiger partial charge in [0, 0.05) is 19.1 Å². The smallest absolute Gasteiger partial charge is 0.414 e. The van der Waals surface area contributed by atoms with Gasteiger partial charge in [0.15, 0.2) is 0 Å². The van der Waals surface area contributed by atoms with Crippen LogP contribution in [0.15, 0.2) is 36.7 Å². The Balaban J connectivity index is 1.18. The number of aromatic nitrogens is 2. The van der Waals surface area contributed by atoms with Crippen molar-refractivity contribution in [2.24, 2.45) is 0 Å². The molecule has 0 radical (unpaired) electrons. The Morgan fingerprint density at radius 2 is 1.79 bits per heavy atom. The molecule has 2 aliphatic heterocycles. The van der Waals surface area contributed by atoms with Gasteiger partial charge in [0.1, 0.15) is 18.5 Å². The average Bonchev–Trinajstić information content (AvgIpc) is 3.31. The summed E-state index contributed by atoms with van der Waals surface area (Å²) < 4.78 is 12.9. The second kappa shape index (κ2) is 7.47. The summed E-state index contributed by atoms with van der Waals surface area (Å²) in [5, 5.41) is 4.37. The highest BCUT2D eigenvalue weighted by atomic mass is 16.6. The molecule has 1 aliphatic carbocycles. The number of nitrogens with zero attached hydrogens (tertiary/aromatic N) is 4. The molecule has 28 heavy (non-hydrogen) atoms. The van der Waals surface area contributed by atoms with Crippen molar-refractivity contribution >= 4 is 11.8 Å². The lowest BCUT2D eigenvalue weighted by Gasteiger charge is -2.41. The first-order chi connectivity index (χ1) is 13.8. The van der Waals surface area contributed by atoms with Gasteiger partial charge in [-0.25, -0.2) is 9.48 Å². The highest BCUT2D eigenvalue weighted by molar-refractivity contribution is 5.88. The molecular formula is C21H26N4O3. The fourth-order valence-corrected chi connectivity index (χ4v) is 4.20. The van der Waals surface area contributed by atoms with Gasteiger partial charge in [-0.3, -0.25) is 4.90 Å². The topological polar surface area (TPSA) is 59.8 Å². The van der Waals surface area contributed by atoms with Gasteiger partial charge in [-0.2, -0.15) is 5.10 Å². The summed E-state index contributed by atoms with van der Waals surface area (Å²) in [6.07, 6.45) is 9.88. The first-order valence-corrected chi connectivity index (χ1v) is 10.3. The van der Waals surface area contributed by atoms with Crippen molar-refractivity contribution in [1.82, 2.24) is 14.7 Å². The fourth-order valence-electron chi connectivity index (χ4n) is 4.20. The maximum Gasteiger partial charge on any atom is 0.414 e. The zero-order valence-corrected chi connectivity index (χ0v) is 16.0. The number of carbonyl (C=O) groups is 1. The SMILES string of the molecule is O=C1OCCN1c1cnn(-c2ccc(OC3CCN(C4CCC4)CC3)cc2)c1. The molecule has 1 aromatic heterocycles. The van der Waals surface area contributed by atoms with Gasteiger partial charge in [-0.05, 0) is 49.9 Å².